The Morgan fingerprint density at radius 1 is 1.14 bits per heavy atom. The van der Waals surface area contributed by atoms with E-state index in [0.717, 1.165) is 5.56 Å². The Balaban J connectivity index is 1.88. The van der Waals surface area contributed by atoms with Crippen molar-refractivity contribution in [2.75, 3.05) is 0 Å². The molecule has 1 heterocycles. The summed E-state index contributed by atoms with van der Waals surface area (Å²) < 4.78 is 7.09. The maximum absolute atomic E-state index is 12.6. The van der Waals surface area contributed by atoms with Crippen molar-refractivity contribution in [3.63, 3.8) is 0 Å². The minimum atomic E-state index is -0.804. The van der Waals surface area contributed by atoms with Crippen LogP contribution >= 0.6 is 22.6 Å². The van der Waals surface area contributed by atoms with Crippen LogP contribution in [-0.2, 0) is 9.53 Å². The summed E-state index contributed by atoms with van der Waals surface area (Å²) in [6.45, 7) is 0. The number of benzene rings is 2. The van der Waals surface area contributed by atoms with Gasteiger partial charge in [-0.15, -0.1) is 0 Å². The molecule has 28 heavy (non-hydrogen) atoms. The zero-order valence-corrected chi connectivity index (χ0v) is 17.0. The fraction of sp³-hybridized carbons (Fsp3) is 0.150. The first-order valence-corrected chi connectivity index (χ1v) is 9.79. The largest absolute Gasteiger partial charge is 0.429 e. The zero-order valence-electron chi connectivity index (χ0n) is 14.8. The van der Waals surface area contributed by atoms with E-state index in [9.17, 15) is 9.59 Å². The van der Waals surface area contributed by atoms with Crippen molar-refractivity contribution in [2.24, 2.45) is 16.5 Å². The number of halogens is 1. The quantitative estimate of drug-likeness (QED) is 0.264. The van der Waals surface area contributed by atoms with Gasteiger partial charge in [-0.2, -0.15) is 0 Å². The highest BCUT2D eigenvalue weighted by Crippen LogP contribution is 2.34. The van der Waals surface area contributed by atoms with Crippen LogP contribution in [0.4, 0.5) is 5.69 Å². The molecule has 144 valence electrons. The van der Waals surface area contributed by atoms with Gasteiger partial charge in [-0.05, 0) is 52.4 Å². The Kier molecular flexibility index (Phi) is 6.30. The molecular weight excluding hydrogens is 471 g/mol. The molecule has 2 aromatic rings. The van der Waals surface area contributed by atoms with Crippen LogP contribution in [0.2, 0.25) is 0 Å². The third kappa shape index (κ3) is 4.69. The van der Waals surface area contributed by atoms with Gasteiger partial charge in [-0.3, -0.25) is 4.79 Å². The molecule has 0 unspecified atom stereocenters. The van der Waals surface area contributed by atoms with Gasteiger partial charge in [0, 0.05) is 22.0 Å². The monoisotopic (exact) mass is 490 g/mol. The van der Waals surface area contributed by atoms with E-state index < -0.39 is 12.0 Å². The number of guanidine groups is 1. The molecule has 1 fully saturated rings. The van der Waals surface area contributed by atoms with Gasteiger partial charge in [0.1, 0.15) is 11.8 Å². The van der Waals surface area contributed by atoms with Crippen molar-refractivity contribution < 1.29 is 14.3 Å². The molecule has 1 aliphatic heterocycles. The highest BCUT2D eigenvalue weighted by molar-refractivity contribution is 14.1. The van der Waals surface area contributed by atoms with Crippen molar-refractivity contribution in [2.45, 2.75) is 18.4 Å². The van der Waals surface area contributed by atoms with E-state index in [4.69, 9.17) is 16.2 Å². The Labute approximate surface area is 176 Å². The summed E-state index contributed by atoms with van der Waals surface area (Å²) in [4.78, 5) is 29.2. The molecule has 0 aliphatic carbocycles. The molecule has 3 rings (SSSR count). The Hall–Kier alpha value is -2.88. The number of aliphatic imine (C=N–C) groups is 1. The minimum Gasteiger partial charge on any atom is -0.429 e. The minimum absolute atomic E-state index is 0.0304. The van der Waals surface area contributed by atoms with Crippen LogP contribution in [0.15, 0.2) is 69.4 Å². The molecule has 0 radical (unpaired) electrons. The van der Waals surface area contributed by atoms with Crippen molar-refractivity contribution in [3.8, 4) is 0 Å². The number of carbonyl (C=O) groups is 2. The summed E-state index contributed by atoms with van der Waals surface area (Å²) in [5, 5.41) is 2.81. The maximum atomic E-state index is 12.6. The average Bonchev–Trinajstić information content (AvgIpc) is 2.70. The second kappa shape index (κ2) is 8.87. The lowest BCUT2D eigenvalue weighted by Crippen LogP contribution is -2.48. The maximum Gasteiger partial charge on any atom is 0.334 e. The highest BCUT2D eigenvalue weighted by Gasteiger charge is 2.38. The van der Waals surface area contributed by atoms with Gasteiger partial charge >= 0.3 is 5.97 Å². The number of esters is 1. The number of ether oxygens (including phenoxy) is 1. The Morgan fingerprint density at radius 2 is 1.82 bits per heavy atom. The molecule has 2 aromatic carbocycles. The molecule has 5 N–H and O–H groups in total. The molecule has 2 atom stereocenters. The van der Waals surface area contributed by atoms with Crippen LogP contribution in [0, 0.1) is 0 Å². The van der Waals surface area contributed by atoms with E-state index >= 15 is 0 Å². The van der Waals surface area contributed by atoms with Crippen molar-refractivity contribution >= 4 is 46.1 Å². The molecule has 0 bridgehead atoms. The fourth-order valence-corrected chi connectivity index (χ4v) is 3.41. The van der Waals surface area contributed by atoms with Crippen LogP contribution in [0.3, 0.4) is 0 Å². The molecule has 8 heteroatoms. The van der Waals surface area contributed by atoms with E-state index in [2.05, 4.69) is 10.3 Å². The van der Waals surface area contributed by atoms with E-state index in [-0.39, 0.29) is 17.8 Å². The van der Waals surface area contributed by atoms with Gasteiger partial charge < -0.3 is 21.5 Å². The van der Waals surface area contributed by atoms with E-state index in [1.54, 1.807) is 40.5 Å². The fourth-order valence-electron chi connectivity index (χ4n) is 3.03. The van der Waals surface area contributed by atoms with Crippen LogP contribution < -0.4 is 16.8 Å². The molecule has 1 aliphatic rings. The van der Waals surface area contributed by atoms with E-state index in [1.165, 1.54) is 0 Å². The van der Waals surface area contributed by atoms with Crippen LogP contribution in [0.5, 0.6) is 0 Å². The number of nitrogens with zero attached hydrogens (tertiary/aromatic N) is 1. The lowest BCUT2D eigenvalue weighted by Gasteiger charge is -2.32. The third-order valence-corrected chi connectivity index (χ3v) is 5.03. The Bertz CT molecular complexity index is 922. The van der Waals surface area contributed by atoms with Crippen LogP contribution in [-0.4, -0.2) is 23.9 Å². The van der Waals surface area contributed by atoms with Gasteiger partial charge in [0.05, 0.1) is 5.69 Å². The average molecular weight is 490 g/mol. The second-order valence-electron chi connectivity index (χ2n) is 6.25. The van der Waals surface area contributed by atoms with Crippen molar-refractivity contribution in [1.82, 2.24) is 5.32 Å². The number of hydrogen-bond acceptors (Lipinski definition) is 4. The van der Waals surface area contributed by atoms with Gasteiger partial charge in [0.25, 0.3) is 5.91 Å². The van der Waals surface area contributed by atoms with Crippen molar-refractivity contribution in [1.29, 1.82) is 0 Å². The number of amides is 1. The number of nitrogens with one attached hydrogen (secondary N) is 1. The predicted octanol–water partition coefficient (Wildman–Crippen LogP) is 2.70. The molecule has 0 spiro atoms. The summed E-state index contributed by atoms with van der Waals surface area (Å²) in [5.41, 5.74) is 12.8. The molecule has 7 nitrogen and oxygen atoms in total. The lowest BCUT2D eigenvalue weighted by atomic mass is 9.86. The first kappa shape index (κ1) is 19.9. The topological polar surface area (TPSA) is 120 Å². The summed E-state index contributed by atoms with van der Waals surface area (Å²) >= 11 is 2.03. The Morgan fingerprint density at radius 3 is 2.43 bits per heavy atom. The van der Waals surface area contributed by atoms with E-state index in [1.807, 2.05) is 40.8 Å². The lowest BCUT2D eigenvalue weighted by molar-refractivity contribution is -0.145. The molecule has 1 saturated heterocycles. The van der Waals surface area contributed by atoms with Gasteiger partial charge in [-0.25, -0.2) is 9.79 Å². The molecular formula is C20H19IN4O3. The second-order valence-corrected chi connectivity index (χ2v) is 6.88. The number of allylic oxidation sites excluding steroid dienone is 1. The highest BCUT2D eigenvalue weighted by atomic mass is 127. The van der Waals surface area contributed by atoms with E-state index in [0.29, 0.717) is 23.4 Å². The first-order chi connectivity index (χ1) is 13.5. The molecule has 0 aromatic heterocycles. The third-order valence-electron chi connectivity index (χ3n) is 4.33. The predicted molar refractivity (Wildman–Crippen MR) is 115 cm³/mol. The standard InChI is InChI=1S/C20H19IN4O3/c21-11-15-10-16(12-6-8-14(9-7-12)24-20(22)23)17(19(27)28-15)25-18(26)13-4-2-1-3-5-13/h1-9,11,16-17H,10H2,(H,25,26)(H4,22,23,24)/b15-11+/t16-,17-/m0/s1. The molecule has 1 amide bonds. The molecule has 0 saturated carbocycles. The smallest absolute Gasteiger partial charge is 0.334 e. The number of hydrogen-bond donors (Lipinski definition) is 3. The summed E-state index contributed by atoms with van der Waals surface area (Å²) in [7, 11) is 0. The van der Waals surface area contributed by atoms with Gasteiger partial charge in [0.2, 0.25) is 0 Å². The number of nitrogens with two attached hydrogens (primary N) is 2. The summed E-state index contributed by atoms with van der Waals surface area (Å²) in [5.74, 6) is -0.558. The first-order valence-electron chi connectivity index (χ1n) is 8.54. The van der Waals surface area contributed by atoms with Gasteiger partial charge in [-0.1, -0.05) is 30.3 Å². The summed E-state index contributed by atoms with van der Waals surface area (Å²) in [6.07, 6.45) is 0.482. The SMILES string of the molecule is NC(N)=Nc1ccc([C@@H]2C/C(=C\I)OC(=O)[C@H]2NC(=O)c2ccccc2)cc1. The zero-order chi connectivity index (χ0) is 20.1. The number of rotatable bonds is 4. The van der Waals surface area contributed by atoms with Gasteiger partial charge in [0.15, 0.2) is 5.96 Å². The summed E-state index contributed by atoms with van der Waals surface area (Å²) in [6, 6.07) is 15.2. The van der Waals surface area contributed by atoms with Crippen molar-refractivity contribution in [3.05, 3.63) is 75.6 Å². The van der Waals surface area contributed by atoms with Crippen LogP contribution in [0.1, 0.15) is 28.3 Å². The van der Waals surface area contributed by atoms with Crippen LogP contribution in [0.25, 0.3) is 0 Å². The number of carbonyl (C=O) groups excluding carboxylic acids is 2. The number of cyclic esters (lactones) is 1. The normalized spacial score (nSPS) is 20.3.